The minimum Gasteiger partial charge on any atom is -0.383 e. The van der Waals surface area contributed by atoms with Crippen LogP contribution in [0.4, 0.5) is 0 Å². The lowest BCUT2D eigenvalue weighted by atomic mass is 10.0. The van der Waals surface area contributed by atoms with Gasteiger partial charge in [-0.3, -0.25) is 19.5 Å². The van der Waals surface area contributed by atoms with Crippen LogP contribution in [0.2, 0.25) is 0 Å². The number of nitrogens with one attached hydrogen (secondary N) is 1. The molecule has 0 spiro atoms. The van der Waals surface area contributed by atoms with Crippen LogP contribution in [-0.4, -0.2) is 81.8 Å². The Kier molecular flexibility index (Phi) is 6.96. The molecule has 2 saturated carbocycles. The third-order valence-electron chi connectivity index (χ3n) is 7.10. The van der Waals surface area contributed by atoms with Crippen molar-refractivity contribution in [3.63, 3.8) is 0 Å². The molecule has 4 aliphatic rings. The predicted octanol–water partition coefficient (Wildman–Crippen LogP) is 2.53. The van der Waals surface area contributed by atoms with Crippen molar-refractivity contribution in [1.29, 1.82) is 0 Å². The number of H-pyrrole nitrogens is 1. The van der Waals surface area contributed by atoms with E-state index in [-0.39, 0.29) is 17.6 Å². The SMILES string of the molecule is CN(C)/C=C1\C(=O)CCN(C2CCCC2)C1=O.O=C1c2cn[nH]c2CCN1C1CCCC1. The summed E-state index contributed by atoms with van der Waals surface area (Å²) in [4.78, 5) is 41.9. The molecule has 8 nitrogen and oxygen atoms in total. The van der Waals surface area contributed by atoms with Gasteiger partial charge in [-0.05, 0) is 25.7 Å². The number of fused-ring (bicyclic) bond motifs is 1. The third kappa shape index (κ3) is 4.74. The molecule has 5 rings (SSSR count). The quantitative estimate of drug-likeness (QED) is 0.575. The van der Waals surface area contributed by atoms with Crippen LogP contribution in [-0.2, 0) is 16.0 Å². The maximum Gasteiger partial charge on any atom is 0.259 e. The number of carbonyl (C=O) groups is 3. The fourth-order valence-corrected chi connectivity index (χ4v) is 5.42. The number of Topliss-reactive ketones (excluding diaryl/α,β-unsaturated/α-hetero) is 1. The molecule has 174 valence electrons. The van der Waals surface area contributed by atoms with Crippen molar-refractivity contribution in [3.8, 4) is 0 Å². The highest BCUT2D eigenvalue weighted by molar-refractivity contribution is 6.20. The maximum atomic E-state index is 12.3. The number of aromatic nitrogens is 2. The smallest absolute Gasteiger partial charge is 0.259 e. The number of aromatic amines is 1. The van der Waals surface area contributed by atoms with E-state index in [0.717, 1.165) is 37.1 Å². The van der Waals surface area contributed by atoms with E-state index in [1.807, 2.05) is 23.9 Å². The van der Waals surface area contributed by atoms with Gasteiger partial charge in [0.2, 0.25) is 0 Å². The minimum absolute atomic E-state index is 0.0158. The standard InChI is InChI=1S/C13H20N2O2.C11H15N3O/c1-14(2)9-11-12(16)7-8-15(13(11)17)10-5-3-4-6-10;15-11-9-7-12-13-10(9)5-6-14(11)8-3-1-2-4-8/h9-10H,3-8H2,1-2H3;7-8H,1-6H2,(H,12,13)/b11-9+;. The zero-order valence-electron chi connectivity index (χ0n) is 19.3. The van der Waals surface area contributed by atoms with Gasteiger partial charge < -0.3 is 14.7 Å². The molecule has 1 aromatic heterocycles. The zero-order valence-corrected chi connectivity index (χ0v) is 19.3. The Morgan fingerprint density at radius 1 is 0.906 bits per heavy atom. The van der Waals surface area contributed by atoms with Gasteiger partial charge in [-0.15, -0.1) is 0 Å². The number of hydrogen-bond donors (Lipinski definition) is 1. The van der Waals surface area contributed by atoms with E-state index >= 15 is 0 Å². The van der Waals surface area contributed by atoms with Crippen LogP contribution in [0, 0.1) is 0 Å². The molecule has 0 radical (unpaired) electrons. The summed E-state index contributed by atoms with van der Waals surface area (Å²) in [7, 11) is 3.67. The molecule has 1 aromatic rings. The van der Waals surface area contributed by atoms with Crippen molar-refractivity contribution < 1.29 is 14.4 Å². The van der Waals surface area contributed by atoms with Crippen molar-refractivity contribution >= 4 is 17.6 Å². The Balaban J connectivity index is 0.000000154. The molecule has 1 N–H and O–H groups in total. The van der Waals surface area contributed by atoms with E-state index in [1.54, 1.807) is 17.3 Å². The van der Waals surface area contributed by atoms with Gasteiger partial charge in [-0.2, -0.15) is 5.10 Å². The van der Waals surface area contributed by atoms with Crippen LogP contribution in [0.3, 0.4) is 0 Å². The highest BCUT2D eigenvalue weighted by atomic mass is 16.2. The summed E-state index contributed by atoms with van der Waals surface area (Å²) in [6.45, 7) is 1.46. The van der Waals surface area contributed by atoms with E-state index in [1.165, 1.54) is 38.5 Å². The fraction of sp³-hybridized carbons (Fsp3) is 0.667. The molecule has 1 saturated heterocycles. The van der Waals surface area contributed by atoms with Gasteiger partial charge in [0, 0.05) is 64.0 Å². The van der Waals surface area contributed by atoms with Crippen LogP contribution in [0.15, 0.2) is 18.0 Å². The predicted molar refractivity (Wildman–Crippen MR) is 121 cm³/mol. The summed E-state index contributed by atoms with van der Waals surface area (Å²) in [6, 6.07) is 0.849. The van der Waals surface area contributed by atoms with Crippen LogP contribution in [0.25, 0.3) is 0 Å². The molecular formula is C24H35N5O3. The lowest BCUT2D eigenvalue weighted by molar-refractivity contribution is -0.135. The van der Waals surface area contributed by atoms with Crippen molar-refractivity contribution in [1.82, 2.24) is 24.9 Å². The van der Waals surface area contributed by atoms with E-state index in [4.69, 9.17) is 0 Å². The van der Waals surface area contributed by atoms with Gasteiger partial charge in [0.25, 0.3) is 11.8 Å². The largest absolute Gasteiger partial charge is 0.383 e. The van der Waals surface area contributed by atoms with Gasteiger partial charge in [0.15, 0.2) is 5.78 Å². The second kappa shape index (κ2) is 9.88. The van der Waals surface area contributed by atoms with Gasteiger partial charge in [0.05, 0.1) is 17.3 Å². The average molecular weight is 442 g/mol. The maximum absolute atomic E-state index is 12.3. The monoisotopic (exact) mass is 441 g/mol. The van der Waals surface area contributed by atoms with Gasteiger partial charge in [0.1, 0.15) is 0 Å². The molecule has 3 heterocycles. The molecule has 8 heteroatoms. The Morgan fingerprint density at radius 2 is 1.47 bits per heavy atom. The molecule has 3 fully saturated rings. The summed E-state index contributed by atoms with van der Waals surface area (Å²) in [5.41, 5.74) is 2.15. The topological polar surface area (TPSA) is 89.6 Å². The number of nitrogens with zero attached hydrogens (tertiary/aromatic N) is 4. The minimum atomic E-state index is -0.0677. The lowest BCUT2D eigenvalue weighted by Gasteiger charge is -2.33. The number of ketones is 1. The number of rotatable bonds is 3. The first-order valence-corrected chi connectivity index (χ1v) is 12.0. The van der Waals surface area contributed by atoms with E-state index in [9.17, 15) is 14.4 Å². The van der Waals surface area contributed by atoms with E-state index in [0.29, 0.717) is 30.6 Å². The highest BCUT2D eigenvalue weighted by Gasteiger charge is 2.35. The normalized spacial score (nSPS) is 23.6. The number of hydrogen-bond acceptors (Lipinski definition) is 5. The zero-order chi connectivity index (χ0) is 22.7. The van der Waals surface area contributed by atoms with E-state index in [2.05, 4.69) is 10.2 Å². The Labute approximate surface area is 190 Å². The van der Waals surface area contributed by atoms with Crippen molar-refractivity contribution in [2.45, 2.75) is 76.3 Å². The van der Waals surface area contributed by atoms with Crippen LogP contribution in [0.1, 0.15) is 73.8 Å². The second-order valence-electron chi connectivity index (χ2n) is 9.57. The van der Waals surface area contributed by atoms with E-state index < -0.39 is 0 Å². The van der Waals surface area contributed by atoms with Crippen LogP contribution >= 0.6 is 0 Å². The number of piperidine rings is 1. The average Bonchev–Trinajstić information content (AvgIpc) is 3.54. The lowest BCUT2D eigenvalue weighted by Crippen LogP contribution is -2.46. The molecule has 2 amide bonds. The molecule has 0 bridgehead atoms. The molecule has 0 unspecified atom stereocenters. The van der Waals surface area contributed by atoms with Crippen molar-refractivity contribution in [3.05, 3.63) is 29.2 Å². The Hall–Kier alpha value is -2.64. The Bertz CT molecular complexity index is 878. The summed E-state index contributed by atoms with van der Waals surface area (Å²) < 4.78 is 0. The molecule has 2 aliphatic heterocycles. The first-order valence-electron chi connectivity index (χ1n) is 12.0. The molecule has 2 aliphatic carbocycles. The molecule has 0 atom stereocenters. The highest BCUT2D eigenvalue weighted by Crippen LogP contribution is 2.28. The van der Waals surface area contributed by atoms with Crippen molar-refractivity contribution in [2.24, 2.45) is 0 Å². The summed E-state index contributed by atoms with van der Waals surface area (Å²) in [5.74, 6) is 0.0942. The number of carbonyl (C=O) groups excluding carboxylic acids is 3. The summed E-state index contributed by atoms with van der Waals surface area (Å²) in [5, 5.41) is 6.84. The first-order chi connectivity index (χ1) is 15.5. The van der Waals surface area contributed by atoms with Crippen molar-refractivity contribution in [2.75, 3.05) is 27.2 Å². The Morgan fingerprint density at radius 3 is 2.06 bits per heavy atom. The first kappa shape index (κ1) is 22.6. The fourth-order valence-electron chi connectivity index (χ4n) is 5.42. The third-order valence-corrected chi connectivity index (χ3v) is 7.10. The number of likely N-dealkylation sites (tertiary alicyclic amines) is 1. The number of amides is 2. The second-order valence-corrected chi connectivity index (χ2v) is 9.57. The van der Waals surface area contributed by atoms with Crippen LogP contribution in [0.5, 0.6) is 0 Å². The van der Waals surface area contributed by atoms with Gasteiger partial charge in [-0.1, -0.05) is 25.7 Å². The van der Waals surface area contributed by atoms with Gasteiger partial charge in [-0.25, -0.2) is 0 Å². The molecule has 32 heavy (non-hydrogen) atoms. The van der Waals surface area contributed by atoms with Crippen LogP contribution < -0.4 is 0 Å². The van der Waals surface area contributed by atoms with Gasteiger partial charge >= 0.3 is 0 Å². The molecule has 0 aromatic carbocycles. The summed E-state index contributed by atoms with van der Waals surface area (Å²) >= 11 is 0. The molecular weight excluding hydrogens is 406 g/mol. The summed E-state index contributed by atoms with van der Waals surface area (Å²) in [6.07, 6.45) is 14.2.